The summed E-state index contributed by atoms with van der Waals surface area (Å²) < 4.78 is 13.0. The fraction of sp³-hybridized carbons (Fsp3) is 0.583. The molecule has 2 aromatic heterocycles. The van der Waals surface area contributed by atoms with E-state index in [0.29, 0.717) is 24.5 Å². The van der Waals surface area contributed by atoms with Crippen LogP contribution < -0.4 is 5.73 Å². The van der Waals surface area contributed by atoms with E-state index in [0.717, 1.165) is 0 Å². The van der Waals surface area contributed by atoms with Gasteiger partial charge in [-0.05, 0) is 20.8 Å². The predicted octanol–water partition coefficient (Wildman–Crippen LogP) is 1.20. The largest absolute Gasteiger partial charge is 0.376 e. The number of imidazole rings is 1. The van der Waals surface area contributed by atoms with Crippen LogP contribution in [0.1, 0.15) is 20.8 Å². The molecule has 19 heavy (non-hydrogen) atoms. The molecule has 7 heteroatoms. The summed E-state index contributed by atoms with van der Waals surface area (Å²) in [4.78, 5) is 12.2. The minimum absolute atomic E-state index is 0.000894. The van der Waals surface area contributed by atoms with Crippen LogP contribution in [0.15, 0.2) is 12.5 Å². The summed E-state index contributed by atoms with van der Waals surface area (Å²) in [6.45, 7) is 6.87. The van der Waals surface area contributed by atoms with Crippen LogP contribution in [0.3, 0.4) is 0 Å². The molecule has 0 aliphatic rings. The molecule has 2 aromatic rings. The number of hydrogen-bond acceptors (Lipinski definition) is 6. The van der Waals surface area contributed by atoms with E-state index in [-0.39, 0.29) is 18.2 Å². The topological polar surface area (TPSA) is 88.1 Å². The maximum absolute atomic E-state index is 5.68. The van der Waals surface area contributed by atoms with Crippen LogP contribution in [0.4, 0.5) is 5.95 Å². The summed E-state index contributed by atoms with van der Waals surface area (Å²) in [5.41, 5.74) is 6.93. The highest BCUT2D eigenvalue weighted by Crippen LogP contribution is 2.10. The number of nitrogens with zero attached hydrogens (tertiary/aromatic N) is 4. The average Bonchev–Trinajstić information content (AvgIpc) is 2.76. The zero-order chi connectivity index (χ0) is 13.8. The molecule has 0 bridgehead atoms. The number of nitrogen functional groups attached to an aromatic ring is 1. The highest BCUT2D eigenvalue weighted by atomic mass is 16.5. The molecule has 104 valence electrons. The van der Waals surface area contributed by atoms with E-state index < -0.39 is 0 Å². The second kappa shape index (κ2) is 5.94. The first-order valence-electron chi connectivity index (χ1n) is 6.23. The van der Waals surface area contributed by atoms with Crippen molar-refractivity contribution < 1.29 is 9.47 Å². The van der Waals surface area contributed by atoms with Crippen molar-refractivity contribution in [1.82, 2.24) is 19.5 Å². The molecule has 0 radical (unpaired) electrons. The third kappa shape index (κ3) is 3.62. The van der Waals surface area contributed by atoms with E-state index in [4.69, 9.17) is 15.2 Å². The van der Waals surface area contributed by atoms with Gasteiger partial charge in [-0.2, -0.15) is 4.98 Å². The van der Waals surface area contributed by atoms with E-state index in [1.807, 2.05) is 20.8 Å². The molecular weight excluding hydrogens is 246 g/mol. The van der Waals surface area contributed by atoms with Gasteiger partial charge in [0.2, 0.25) is 5.95 Å². The van der Waals surface area contributed by atoms with E-state index in [2.05, 4.69) is 15.0 Å². The summed E-state index contributed by atoms with van der Waals surface area (Å²) in [6, 6.07) is 0. The van der Waals surface area contributed by atoms with E-state index in [9.17, 15) is 0 Å². The van der Waals surface area contributed by atoms with Crippen molar-refractivity contribution >= 4 is 17.1 Å². The number of hydrogen-bond donors (Lipinski definition) is 1. The lowest BCUT2D eigenvalue weighted by Gasteiger charge is -2.15. The Kier molecular flexibility index (Phi) is 4.28. The van der Waals surface area contributed by atoms with Crippen LogP contribution in [0.5, 0.6) is 0 Å². The standard InChI is InChI=1S/C12H19N5O2/c1-8(2)18-5-9(3)19-7-17-6-15-10-4-14-12(13)16-11(10)17/h4,6,8-9H,5,7H2,1-3H3,(H2,13,14,16). The van der Waals surface area contributed by atoms with Crippen LogP contribution in [0.2, 0.25) is 0 Å². The number of fused-ring (bicyclic) bond motifs is 1. The molecule has 0 aromatic carbocycles. The summed E-state index contributed by atoms with van der Waals surface area (Å²) in [7, 11) is 0. The average molecular weight is 265 g/mol. The number of rotatable bonds is 6. The molecule has 0 spiro atoms. The Bertz CT molecular complexity index is 540. The molecule has 2 heterocycles. The van der Waals surface area contributed by atoms with Gasteiger partial charge >= 0.3 is 0 Å². The summed E-state index contributed by atoms with van der Waals surface area (Å²) in [5.74, 6) is 0.227. The molecule has 0 fully saturated rings. The number of nitrogens with two attached hydrogens (primary N) is 1. The van der Waals surface area contributed by atoms with Crippen LogP contribution in [-0.4, -0.2) is 38.3 Å². The first kappa shape index (κ1) is 13.7. The lowest BCUT2D eigenvalue weighted by Crippen LogP contribution is -2.20. The van der Waals surface area contributed by atoms with Crippen molar-refractivity contribution in [2.45, 2.75) is 39.7 Å². The van der Waals surface area contributed by atoms with Gasteiger partial charge in [-0.1, -0.05) is 0 Å². The molecular formula is C12H19N5O2. The second-order valence-corrected chi connectivity index (χ2v) is 4.64. The Labute approximate surface area is 111 Å². The predicted molar refractivity (Wildman–Crippen MR) is 71.4 cm³/mol. The SMILES string of the molecule is CC(C)OCC(C)OCn1cnc2cnc(N)nc21. The molecule has 0 amide bonds. The molecule has 0 aliphatic heterocycles. The van der Waals surface area contributed by atoms with Crippen LogP contribution in [-0.2, 0) is 16.2 Å². The van der Waals surface area contributed by atoms with Crippen LogP contribution in [0, 0.1) is 0 Å². The van der Waals surface area contributed by atoms with Gasteiger partial charge in [0, 0.05) is 0 Å². The first-order chi connectivity index (χ1) is 9.06. The highest BCUT2D eigenvalue weighted by Gasteiger charge is 2.08. The van der Waals surface area contributed by atoms with Crippen molar-refractivity contribution in [3.05, 3.63) is 12.5 Å². The zero-order valence-corrected chi connectivity index (χ0v) is 11.4. The maximum atomic E-state index is 5.68. The second-order valence-electron chi connectivity index (χ2n) is 4.64. The monoisotopic (exact) mass is 265 g/mol. The van der Waals surface area contributed by atoms with Crippen molar-refractivity contribution in [3.63, 3.8) is 0 Å². The number of ether oxygens (including phenoxy) is 2. The highest BCUT2D eigenvalue weighted by molar-refractivity contribution is 5.70. The van der Waals surface area contributed by atoms with Gasteiger partial charge in [0.25, 0.3) is 0 Å². The summed E-state index contributed by atoms with van der Waals surface area (Å²) in [6.07, 6.45) is 3.46. The molecule has 7 nitrogen and oxygen atoms in total. The zero-order valence-electron chi connectivity index (χ0n) is 11.4. The number of aromatic nitrogens is 4. The third-order valence-electron chi connectivity index (χ3n) is 2.54. The Morgan fingerprint density at radius 2 is 2.05 bits per heavy atom. The van der Waals surface area contributed by atoms with Crippen molar-refractivity contribution in [2.24, 2.45) is 0 Å². The van der Waals surface area contributed by atoms with Gasteiger partial charge in [-0.25, -0.2) is 9.97 Å². The third-order valence-corrected chi connectivity index (χ3v) is 2.54. The fourth-order valence-corrected chi connectivity index (χ4v) is 1.55. The minimum Gasteiger partial charge on any atom is -0.376 e. The van der Waals surface area contributed by atoms with E-state index >= 15 is 0 Å². The molecule has 0 saturated carbocycles. The maximum Gasteiger partial charge on any atom is 0.222 e. The van der Waals surface area contributed by atoms with Gasteiger partial charge in [-0.15, -0.1) is 0 Å². The van der Waals surface area contributed by atoms with Gasteiger partial charge < -0.3 is 15.2 Å². The van der Waals surface area contributed by atoms with Gasteiger partial charge in [0.05, 0.1) is 31.3 Å². The van der Waals surface area contributed by atoms with E-state index in [1.54, 1.807) is 17.1 Å². The van der Waals surface area contributed by atoms with Crippen LogP contribution >= 0.6 is 0 Å². The Morgan fingerprint density at radius 3 is 2.79 bits per heavy atom. The van der Waals surface area contributed by atoms with Crippen LogP contribution in [0.25, 0.3) is 11.2 Å². The van der Waals surface area contributed by atoms with Gasteiger partial charge in [0.1, 0.15) is 12.2 Å². The Balaban J connectivity index is 1.96. The van der Waals surface area contributed by atoms with Crippen molar-refractivity contribution in [1.29, 1.82) is 0 Å². The smallest absolute Gasteiger partial charge is 0.222 e. The number of anilines is 1. The fourth-order valence-electron chi connectivity index (χ4n) is 1.55. The molecule has 0 saturated heterocycles. The molecule has 2 N–H and O–H groups in total. The summed E-state index contributed by atoms with van der Waals surface area (Å²) >= 11 is 0. The van der Waals surface area contributed by atoms with Gasteiger partial charge in [0.15, 0.2) is 5.65 Å². The molecule has 2 rings (SSSR count). The summed E-state index contributed by atoms with van der Waals surface area (Å²) in [5, 5.41) is 0. The Morgan fingerprint density at radius 1 is 1.26 bits per heavy atom. The normalized spacial score (nSPS) is 13.3. The lowest BCUT2D eigenvalue weighted by molar-refractivity contribution is -0.0490. The van der Waals surface area contributed by atoms with Crippen molar-refractivity contribution in [3.8, 4) is 0 Å². The Hall–Kier alpha value is -1.73. The van der Waals surface area contributed by atoms with Crippen molar-refractivity contribution in [2.75, 3.05) is 12.3 Å². The van der Waals surface area contributed by atoms with Gasteiger partial charge in [-0.3, -0.25) is 4.57 Å². The minimum atomic E-state index is -0.000894. The first-order valence-corrected chi connectivity index (χ1v) is 6.23. The quantitative estimate of drug-likeness (QED) is 0.844. The molecule has 1 atom stereocenters. The lowest BCUT2D eigenvalue weighted by atomic mass is 10.4. The molecule has 1 unspecified atom stereocenters. The molecule has 0 aliphatic carbocycles. The van der Waals surface area contributed by atoms with E-state index in [1.165, 1.54) is 0 Å².